The monoisotopic (exact) mass is 549 g/mol. The van der Waals surface area contributed by atoms with Crippen molar-refractivity contribution in [1.29, 1.82) is 0 Å². The van der Waals surface area contributed by atoms with Gasteiger partial charge in [0, 0.05) is 42.2 Å². The lowest BCUT2D eigenvalue weighted by Gasteiger charge is -2.39. The van der Waals surface area contributed by atoms with Gasteiger partial charge in [-0.15, -0.1) is 11.3 Å². The van der Waals surface area contributed by atoms with Gasteiger partial charge < -0.3 is 4.74 Å². The van der Waals surface area contributed by atoms with Crippen LogP contribution in [0.15, 0.2) is 52.9 Å². The number of aromatic nitrogens is 1. The number of piperidine rings is 1. The smallest absolute Gasteiger partial charge is 0.263 e. The molecule has 36 heavy (non-hydrogen) atoms. The van der Waals surface area contributed by atoms with Crippen molar-refractivity contribution in [3.63, 3.8) is 0 Å². The molecule has 0 spiro atoms. The van der Waals surface area contributed by atoms with Gasteiger partial charge in [0.05, 0.1) is 4.90 Å². The number of sulfonamides is 1. The zero-order valence-electron chi connectivity index (χ0n) is 20.2. The summed E-state index contributed by atoms with van der Waals surface area (Å²) in [6.07, 6.45) is 4.09. The summed E-state index contributed by atoms with van der Waals surface area (Å²) in [5, 5.41) is 2.02. The molecule has 5 rings (SSSR count). The SMILES string of the molecule is CC1(C)C[C@@H](c2ccc(CF)cc2C2CCN(Cl)CC2)c2ccc(S(=O)(=O)Nc3nccs3)cc2O1. The lowest BCUT2D eigenvalue weighted by Crippen LogP contribution is -2.36. The maximum absolute atomic E-state index is 13.6. The number of hydrogen-bond donors (Lipinski definition) is 1. The first kappa shape index (κ1) is 25.4. The van der Waals surface area contributed by atoms with Crippen LogP contribution in [0.1, 0.15) is 67.2 Å². The number of benzene rings is 2. The van der Waals surface area contributed by atoms with Crippen molar-refractivity contribution in [2.24, 2.45) is 0 Å². The Morgan fingerprint density at radius 3 is 2.61 bits per heavy atom. The first-order valence-corrected chi connectivity index (χ1v) is 14.7. The minimum Gasteiger partial charge on any atom is -0.487 e. The molecule has 0 radical (unpaired) electrons. The first-order valence-electron chi connectivity index (χ1n) is 12.0. The van der Waals surface area contributed by atoms with Crippen LogP contribution in [-0.4, -0.2) is 36.5 Å². The Morgan fingerprint density at radius 1 is 1.17 bits per heavy atom. The number of ether oxygens (including phenoxy) is 1. The van der Waals surface area contributed by atoms with E-state index in [1.807, 2.05) is 42.5 Å². The summed E-state index contributed by atoms with van der Waals surface area (Å²) in [6, 6.07) is 11.0. The molecule has 10 heteroatoms. The summed E-state index contributed by atoms with van der Waals surface area (Å²) < 4.78 is 50.3. The molecule has 0 unspecified atom stereocenters. The zero-order chi connectivity index (χ0) is 25.5. The molecule has 0 saturated carbocycles. The molecule has 1 fully saturated rings. The molecule has 2 aromatic carbocycles. The summed E-state index contributed by atoms with van der Waals surface area (Å²) in [5.74, 6) is 0.831. The fourth-order valence-corrected chi connectivity index (χ4v) is 7.26. The highest BCUT2D eigenvalue weighted by Gasteiger charge is 2.37. The molecule has 1 aromatic heterocycles. The van der Waals surface area contributed by atoms with Crippen molar-refractivity contribution >= 4 is 38.3 Å². The van der Waals surface area contributed by atoms with Crippen molar-refractivity contribution in [2.75, 3.05) is 17.8 Å². The summed E-state index contributed by atoms with van der Waals surface area (Å²) >= 11 is 7.43. The maximum Gasteiger partial charge on any atom is 0.263 e. The van der Waals surface area contributed by atoms with E-state index in [1.165, 1.54) is 11.3 Å². The number of nitrogens with one attached hydrogen (secondary N) is 1. The predicted octanol–water partition coefficient (Wildman–Crippen LogP) is 6.44. The van der Waals surface area contributed by atoms with Crippen molar-refractivity contribution in [2.45, 2.75) is 62.1 Å². The van der Waals surface area contributed by atoms with Crippen LogP contribution in [0.3, 0.4) is 0 Å². The van der Waals surface area contributed by atoms with Crippen LogP contribution in [0.5, 0.6) is 5.75 Å². The average Bonchev–Trinajstić information content (AvgIpc) is 3.35. The van der Waals surface area contributed by atoms with Crippen LogP contribution in [0, 0.1) is 0 Å². The third kappa shape index (κ3) is 5.25. The topological polar surface area (TPSA) is 71.5 Å². The second-order valence-corrected chi connectivity index (χ2v) is 13.1. The van der Waals surface area contributed by atoms with Gasteiger partial charge in [-0.3, -0.25) is 4.72 Å². The number of fused-ring (bicyclic) bond motifs is 1. The number of anilines is 1. The molecular weight excluding hydrogens is 521 g/mol. The van der Waals surface area contributed by atoms with Crippen LogP contribution in [0.2, 0.25) is 0 Å². The second kappa shape index (κ2) is 9.93. The number of alkyl halides is 1. The molecule has 0 bridgehead atoms. The molecule has 0 amide bonds. The Kier molecular flexibility index (Phi) is 7.02. The van der Waals surface area contributed by atoms with Gasteiger partial charge >= 0.3 is 0 Å². The van der Waals surface area contributed by atoms with E-state index < -0.39 is 22.3 Å². The van der Waals surface area contributed by atoms with Gasteiger partial charge in [-0.05, 0) is 73.6 Å². The fourth-order valence-electron chi connectivity index (χ4n) is 5.26. The number of halogens is 2. The molecule has 1 atom stereocenters. The van der Waals surface area contributed by atoms with Gasteiger partial charge in [-0.25, -0.2) is 22.2 Å². The molecule has 2 aliphatic rings. The van der Waals surface area contributed by atoms with Gasteiger partial charge in [-0.1, -0.05) is 24.3 Å². The predicted molar refractivity (Wildman–Crippen MR) is 141 cm³/mol. The normalized spacial score (nSPS) is 20.5. The van der Waals surface area contributed by atoms with Gasteiger partial charge in [0.25, 0.3) is 10.0 Å². The molecule has 1 saturated heterocycles. The standard InChI is InChI=1S/C26H29ClFN3O3S2/c1-26(2)15-23(20-5-3-17(16-28)13-22(20)18-7-10-31(27)11-8-18)21-6-4-19(14-24(21)34-26)36(32,33)30-25-29-9-12-35-25/h3-6,9,12-14,18,23H,7-8,10-11,15-16H2,1-2H3,(H,29,30)/t23-/m0/s1. The molecular formula is C26H29ClFN3O3S2. The van der Waals surface area contributed by atoms with Crippen LogP contribution in [0.25, 0.3) is 0 Å². The van der Waals surface area contributed by atoms with Crippen molar-refractivity contribution in [1.82, 2.24) is 9.40 Å². The molecule has 6 nitrogen and oxygen atoms in total. The Labute approximate surface area is 220 Å². The van der Waals surface area contributed by atoms with E-state index in [0.717, 1.165) is 49.0 Å². The summed E-state index contributed by atoms with van der Waals surface area (Å²) in [5.41, 5.74) is 3.40. The summed E-state index contributed by atoms with van der Waals surface area (Å²) in [6.45, 7) is 5.09. The zero-order valence-corrected chi connectivity index (χ0v) is 22.6. The highest BCUT2D eigenvalue weighted by atomic mass is 35.5. The molecule has 1 N–H and O–H groups in total. The number of nitrogens with zero attached hydrogens (tertiary/aromatic N) is 2. The Bertz CT molecular complexity index is 1340. The summed E-state index contributed by atoms with van der Waals surface area (Å²) in [4.78, 5) is 4.14. The molecule has 192 valence electrons. The van der Waals surface area contributed by atoms with E-state index in [-0.39, 0.29) is 16.7 Å². The number of thiazole rings is 1. The third-order valence-electron chi connectivity index (χ3n) is 6.97. The van der Waals surface area contributed by atoms with Crippen LogP contribution in [0.4, 0.5) is 9.52 Å². The van der Waals surface area contributed by atoms with Gasteiger partial charge in [0.15, 0.2) is 5.13 Å². The van der Waals surface area contributed by atoms with Gasteiger partial charge in [-0.2, -0.15) is 0 Å². The third-order valence-corrected chi connectivity index (χ3v) is 9.46. The highest BCUT2D eigenvalue weighted by molar-refractivity contribution is 7.93. The van der Waals surface area contributed by atoms with Gasteiger partial charge in [0.2, 0.25) is 0 Å². The minimum atomic E-state index is -3.82. The largest absolute Gasteiger partial charge is 0.487 e. The molecule has 3 heterocycles. The Hall–Kier alpha value is -2.20. The van der Waals surface area contributed by atoms with Crippen molar-refractivity contribution < 1.29 is 17.5 Å². The van der Waals surface area contributed by atoms with E-state index in [0.29, 0.717) is 16.4 Å². The molecule has 0 aliphatic carbocycles. The fraction of sp³-hybridized carbons (Fsp3) is 0.423. The highest BCUT2D eigenvalue weighted by Crippen LogP contribution is 2.48. The van der Waals surface area contributed by atoms with E-state index in [2.05, 4.69) is 9.71 Å². The lowest BCUT2D eigenvalue weighted by molar-refractivity contribution is 0.0769. The number of rotatable bonds is 6. The molecule has 2 aliphatic heterocycles. The Morgan fingerprint density at radius 2 is 1.92 bits per heavy atom. The van der Waals surface area contributed by atoms with Crippen LogP contribution in [-0.2, 0) is 16.7 Å². The van der Waals surface area contributed by atoms with Crippen molar-refractivity contribution in [3.8, 4) is 5.75 Å². The minimum absolute atomic E-state index is 0.00915. The van der Waals surface area contributed by atoms with Crippen LogP contribution < -0.4 is 9.46 Å². The molecule has 3 aromatic rings. The second-order valence-electron chi connectivity index (χ2n) is 10.0. The Balaban J connectivity index is 1.55. The van der Waals surface area contributed by atoms with E-state index in [4.69, 9.17) is 16.5 Å². The first-order chi connectivity index (χ1) is 17.1. The lowest BCUT2D eigenvalue weighted by atomic mass is 9.75. The van der Waals surface area contributed by atoms with E-state index in [1.54, 1.807) is 23.7 Å². The maximum atomic E-state index is 13.6. The quantitative estimate of drug-likeness (QED) is 0.358. The number of hydrogen-bond acceptors (Lipinski definition) is 6. The van der Waals surface area contributed by atoms with Crippen molar-refractivity contribution in [3.05, 3.63) is 70.2 Å². The van der Waals surface area contributed by atoms with E-state index in [9.17, 15) is 12.8 Å². The summed E-state index contributed by atoms with van der Waals surface area (Å²) in [7, 11) is -3.82. The van der Waals surface area contributed by atoms with E-state index >= 15 is 0 Å². The van der Waals surface area contributed by atoms with Gasteiger partial charge in [0.1, 0.15) is 18.0 Å². The van der Waals surface area contributed by atoms with Crippen LogP contribution >= 0.6 is 23.1 Å². The average molecular weight is 550 g/mol.